The van der Waals surface area contributed by atoms with Gasteiger partial charge >= 0.3 is 5.97 Å². The van der Waals surface area contributed by atoms with Crippen LogP contribution in [0.25, 0.3) is 0 Å². The molecule has 0 unspecified atom stereocenters. The molecule has 1 amide bonds. The molecule has 206 valence electrons. The number of hydrogen-bond donors (Lipinski definition) is 5. The zero-order valence-corrected chi connectivity index (χ0v) is 22.0. The fourth-order valence-corrected chi connectivity index (χ4v) is 5.59. The van der Waals surface area contributed by atoms with Crippen molar-refractivity contribution in [1.82, 2.24) is 10.2 Å². The van der Waals surface area contributed by atoms with Gasteiger partial charge in [-0.05, 0) is 67.6 Å². The number of carboxylic acids is 1. The monoisotopic (exact) mass is 546 g/mol. The lowest BCUT2D eigenvalue weighted by molar-refractivity contribution is -0.141. The third kappa shape index (κ3) is 6.74. The van der Waals surface area contributed by atoms with Gasteiger partial charge in [0.25, 0.3) is 5.91 Å². The SMILES string of the molecule is CS(=O)(=O)Nc1cc([C@@H](O)CNC2CCN(c3ccc(C(=O)N4CCC[C@H]4C(=O)O)cc3)CC2)ccc1O. The van der Waals surface area contributed by atoms with Gasteiger partial charge in [0.2, 0.25) is 10.0 Å². The highest BCUT2D eigenvalue weighted by atomic mass is 32.2. The van der Waals surface area contributed by atoms with E-state index in [9.17, 15) is 33.3 Å². The molecule has 0 aromatic heterocycles. The molecule has 2 heterocycles. The molecule has 0 bridgehead atoms. The van der Waals surface area contributed by atoms with Crippen molar-refractivity contribution in [2.75, 3.05) is 42.1 Å². The Labute approximate surface area is 222 Å². The number of aliphatic carboxylic acids is 1. The Morgan fingerprint density at radius 3 is 2.37 bits per heavy atom. The summed E-state index contributed by atoms with van der Waals surface area (Å²) in [5, 5.41) is 33.2. The molecule has 2 saturated heterocycles. The number of aliphatic hydroxyl groups excluding tert-OH is 1. The van der Waals surface area contributed by atoms with E-state index in [0.717, 1.165) is 37.9 Å². The molecule has 0 radical (unpaired) electrons. The summed E-state index contributed by atoms with van der Waals surface area (Å²) in [7, 11) is -3.57. The minimum absolute atomic E-state index is 0.0206. The molecule has 38 heavy (non-hydrogen) atoms. The number of phenols is 1. The van der Waals surface area contributed by atoms with Crippen LogP contribution in [-0.4, -0.2) is 85.0 Å². The second-order valence-electron chi connectivity index (χ2n) is 9.88. The van der Waals surface area contributed by atoms with Gasteiger partial charge in [-0.15, -0.1) is 0 Å². The highest BCUT2D eigenvalue weighted by Crippen LogP contribution is 2.28. The Kier molecular flexibility index (Phi) is 8.44. The van der Waals surface area contributed by atoms with Crippen LogP contribution in [-0.2, 0) is 14.8 Å². The summed E-state index contributed by atoms with van der Waals surface area (Å²) in [4.78, 5) is 27.9. The van der Waals surface area contributed by atoms with E-state index in [1.54, 1.807) is 18.2 Å². The molecular formula is C26H34N4O7S. The Morgan fingerprint density at radius 1 is 1.05 bits per heavy atom. The summed E-state index contributed by atoms with van der Waals surface area (Å²) >= 11 is 0. The number of carboxylic acid groups (broad SMARTS) is 1. The molecule has 2 aliphatic heterocycles. The van der Waals surface area contributed by atoms with Crippen molar-refractivity contribution in [3.63, 3.8) is 0 Å². The maximum absolute atomic E-state index is 12.8. The van der Waals surface area contributed by atoms with Gasteiger partial charge in [-0.25, -0.2) is 13.2 Å². The molecule has 2 aromatic carbocycles. The van der Waals surface area contributed by atoms with Crippen LogP contribution in [0.15, 0.2) is 42.5 Å². The number of sulfonamides is 1. The summed E-state index contributed by atoms with van der Waals surface area (Å²) in [6, 6.07) is 11.0. The van der Waals surface area contributed by atoms with Crippen molar-refractivity contribution in [3.8, 4) is 5.75 Å². The number of anilines is 2. The molecule has 2 aliphatic rings. The van der Waals surface area contributed by atoms with Crippen LogP contribution in [0.3, 0.4) is 0 Å². The number of piperidine rings is 1. The molecule has 0 spiro atoms. The summed E-state index contributed by atoms with van der Waals surface area (Å²) in [5.74, 6) is -1.44. The van der Waals surface area contributed by atoms with Gasteiger partial charge in [0.1, 0.15) is 11.8 Å². The average Bonchev–Trinajstić information content (AvgIpc) is 3.38. The Hall–Kier alpha value is -3.35. The van der Waals surface area contributed by atoms with Crippen LogP contribution in [0, 0.1) is 0 Å². The van der Waals surface area contributed by atoms with E-state index in [4.69, 9.17) is 0 Å². The standard InChI is InChI=1S/C26H34N4O7S/c1-38(36,37)28-21-15-18(6-9-23(21)31)24(32)16-27-19-10-13-29(14-11-19)20-7-4-17(5-8-20)25(33)30-12-2-3-22(30)26(34)35/h4-9,15,19,22,24,27-28,31-32H,2-3,10-14,16H2,1H3,(H,34,35)/t22-,24-/m0/s1. The van der Waals surface area contributed by atoms with E-state index in [1.807, 2.05) is 12.1 Å². The van der Waals surface area contributed by atoms with Crippen LogP contribution < -0.4 is 14.9 Å². The second kappa shape index (κ2) is 11.6. The van der Waals surface area contributed by atoms with E-state index < -0.39 is 28.1 Å². The smallest absolute Gasteiger partial charge is 0.326 e. The van der Waals surface area contributed by atoms with Crippen molar-refractivity contribution >= 4 is 33.3 Å². The van der Waals surface area contributed by atoms with E-state index in [-0.39, 0.29) is 29.9 Å². The number of benzene rings is 2. The number of nitrogens with one attached hydrogen (secondary N) is 2. The molecule has 12 heteroatoms. The Bertz CT molecular complexity index is 1260. The maximum Gasteiger partial charge on any atom is 0.326 e. The van der Waals surface area contributed by atoms with Crippen LogP contribution in [0.5, 0.6) is 5.75 Å². The predicted molar refractivity (Wildman–Crippen MR) is 143 cm³/mol. The lowest BCUT2D eigenvalue weighted by Crippen LogP contribution is -2.43. The van der Waals surface area contributed by atoms with Gasteiger partial charge in [-0.1, -0.05) is 6.07 Å². The van der Waals surface area contributed by atoms with Crippen LogP contribution >= 0.6 is 0 Å². The number of phenolic OH excluding ortho intramolecular Hbond substituents is 1. The fraction of sp³-hybridized carbons (Fsp3) is 0.462. The minimum atomic E-state index is -3.57. The molecule has 0 aliphatic carbocycles. The topological polar surface area (TPSA) is 160 Å². The molecular weight excluding hydrogens is 512 g/mol. The number of nitrogens with zero attached hydrogens (tertiary/aromatic N) is 2. The first-order valence-electron chi connectivity index (χ1n) is 12.6. The number of aliphatic hydroxyl groups is 1. The van der Waals surface area contributed by atoms with E-state index in [2.05, 4.69) is 14.9 Å². The van der Waals surface area contributed by atoms with Gasteiger partial charge < -0.3 is 30.4 Å². The first-order chi connectivity index (χ1) is 18.0. The highest BCUT2D eigenvalue weighted by Gasteiger charge is 2.34. The van der Waals surface area contributed by atoms with Gasteiger partial charge in [0.15, 0.2) is 0 Å². The molecule has 2 atom stereocenters. The number of likely N-dealkylation sites (tertiary alicyclic amines) is 1. The van der Waals surface area contributed by atoms with Crippen molar-refractivity contribution in [3.05, 3.63) is 53.6 Å². The number of rotatable bonds is 9. The Morgan fingerprint density at radius 2 is 1.74 bits per heavy atom. The third-order valence-electron chi connectivity index (χ3n) is 7.07. The number of amides is 1. The predicted octanol–water partition coefficient (Wildman–Crippen LogP) is 1.74. The quantitative estimate of drug-likeness (QED) is 0.295. The Balaban J connectivity index is 1.27. The maximum atomic E-state index is 12.8. The lowest BCUT2D eigenvalue weighted by atomic mass is 10.0. The van der Waals surface area contributed by atoms with Crippen LogP contribution in [0.2, 0.25) is 0 Å². The average molecular weight is 547 g/mol. The summed E-state index contributed by atoms with van der Waals surface area (Å²) in [6.07, 6.45) is 2.97. The van der Waals surface area contributed by atoms with Crippen molar-refractivity contribution < 1.29 is 33.3 Å². The van der Waals surface area contributed by atoms with Crippen molar-refractivity contribution in [2.45, 2.75) is 43.9 Å². The molecule has 5 N–H and O–H groups in total. The van der Waals surface area contributed by atoms with Crippen molar-refractivity contribution in [1.29, 1.82) is 0 Å². The molecule has 4 rings (SSSR count). The van der Waals surface area contributed by atoms with E-state index in [1.165, 1.54) is 17.0 Å². The second-order valence-corrected chi connectivity index (χ2v) is 11.6. The summed E-state index contributed by atoms with van der Waals surface area (Å²) < 4.78 is 25.2. The van der Waals surface area contributed by atoms with Gasteiger partial charge in [0.05, 0.1) is 18.0 Å². The fourth-order valence-electron chi connectivity index (χ4n) is 5.03. The number of aromatic hydroxyl groups is 1. The van der Waals surface area contributed by atoms with Crippen LogP contribution in [0.4, 0.5) is 11.4 Å². The first-order valence-corrected chi connectivity index (χ1v) is 14.5. The van der Waals surface area contributed by atoms with Crippen molar-refractivity contribution in [2.24, 2.45) is 0 Å². The molecule has 2 fully saturated rings. The zero-order valence-electron chi connectivity index (χ0n) is 21.2. The third-order valence-corrected chi connectivity index (χ3v) is 7.66. The molecule has 2 aromatic rings. The minimum Gasteiger partial charge on any atom is -0.506 e. The largest absolute Gasteiger partial charge is 0.506 e. The zero-order chi connectivity index (χ0) is 27.4. The first kappa shape index (κ1) is 27.7. The number of carbonyl (C=O) groups is 2. The van der Waals surface area contributed by atoms with Gasteiger partial charge in [0, 0.05) is 43.5 Å². The normalized spacial score (nSPS) is 19.4. The van der Waals surface area contributed by atoms with Gasteiger partial charge in [-0.2, -0.15) is 0 Å². The highest BCUT2D eigenvalue weighted by molar-refractivity contribution is 7.92. The lowest BCUT2D eigenvalue weighted by Gasteiger charge is -2.34. The van der Waals surface area contributed by atoms with E-state index in [0.29, 0.717) is 30.5 Å². The van der Waals surface area contributed by atoms with E-state index >= 15 is 0 Å². The number of carbonyl (C=O) groups excluding carboxylic acids is 1. The molecule has 0 saturated carbocycles. The van der Waals surface area contributed by atoms with Gasteiger partial charge in [-0.3, -0.25) is 9.52 Å². The molecule has 11 nitrogen and oxygen atoms in total. The number of hydrogen-bond acceptors (Lipinski definition) is 8. The summed E-state index contributed by atoms with van der Waals surface area (Å²) in [5.41, 5.74) is 1.98. The summed E-state index contributed by atoms with van der Waals surface area (Å²) in [6.45, 7) is 2.31. The van der Waals surface area contributed by atoms with Crippen LogP contribution in [0.1, 0.15) is 47.7 Å².